The van der Waals surface area contributed by atoms with Crippen molar-refractivity contribution in [1.29, 1.82) is 0 Å². The minimum atomic E-state index is -0.518. The second-order valence-corrected chi connectivity index (χ2v) is 8.01. The Labute approximate surface area is 163 Å². The first-order valence-corrected chi connectivity index (χ1v) is 10.1. The van der Waals surface area contributed by atoms with E-state index < -0.39 is 6.10 Å². The van der Waals surface area contributed by atoms with Gasteiger partial charge in [-0.05, 0) is 43.6 Å². The highest BCUT2D eigenvalue weighted by Crippen LogP contribution is 2.29. The number of ether oxygens (including phenoxy) is 1. The third-order valence-corrected chi connectivity index (χ3v) is 5.93. The van der Waals surface area contributed by atoms with Gasteiger partial charge in [0.15, 0.2) is 0 Å². The zero-order chi connectivity index (χ0) is 18.8. The lowest BCUT2D eigenvalue weighted by Gasteiger charge is -2.31. The maximum absolute atomic E-state index is 10.1. The Morgan fingerprint density at radius 3 is 2.89 bits per heavy atom. The van der Waals surface area contributed by atoms with Crippen molar-refractivity contribution in [3.63, 3.8) is 0 Å². The van der Waals surface area contributed by atoms with Crippen LogP contribution in [0.15, 0.2) is 12.3 Å². The molecule has 4 rings (SSSR count). The molecular formula is C18H26N6O2S. The molecule has 2 aliphatic heterocycles. The van der Waals surface area contributed by atoms with Crippen LogP contribution in [0.5, 0.6) is 0 Å². The van der Waals surface area contributed by atoms with Crippen LogP contribution in [-0.2, 0) is 4.74 Å². The molecule has 8 nitrogen and oxygen atoms in total. The minimum absolute atomic E-state index is 0.0443. The Kier molecular flexibility index (Phi) is 5.53. The van der Waals surface area contributed by atoms with Crippen molar-refractivity contribution in [2.45, 2.75) is 25.5 Å². The van der Waals surface area contributed by atoms with Crippen molar-refractivity contribution in [1.82, 2.24) is 19.2 Å². The molecule has 2 aromatic rings. The molecule has 2 atom stereocenters. The number of aliphatic hydroxyl groups is 1. The molecule has 2 aliphatic rings. The van der Waals surface area contributed by atoms with Crippen LogP contribution in [0, 0.1) is 6.92 Å². The molecule has 2 saturated heterocycles. The van der Waals surface area contributed by atoms with Gasteiger partial charge in [-0.15, -0.1) is 0 Å². The molecule has 0 amide bonds. The van der Waals surface area contributed by atoms with Gasteiger partial charge >= 0.3 is 0 Å². The average Bonchev–Trinajstić information content (AvgIpc) is 3.15. The summed E-state index contributed by atoms with van der Waals surface area (Å²) in [4.78, 5) is 13.8. The van der Waals surface area contributed by atoms with Crippen LogP contribution in [0.2, 0.25) is 0 Å². The Morgan fingerprint density at radius 2 is 2.11 bits per heavy atom. The fraction of sp³-hybridized carbons (Fsp3) is 0.611. The third-order valence-electron chi connectivity index (χ3n) is 5.19. The fourth-order valence-corrected chi connectivity index (χ4v) is 4.14. The predicted molar refractivity (Wildman–Crippen MR) is 106 cm³/mol. The van der Waals surface area contributed by atoms with Gasteiger partial charge in [0.05, 0.1) is 18.8 Å². The molecule has 0 aromatic carbocycles. The van der Waals surface area contributed by atoms with Gasteiger partial charge in [0.1, 0.15) is 10.8 Å². The number of anilines is 2. The van der Waals surface area contributed by atoms with Crippen LogP contribution in [-0.4, -0.2) is 82.9 Å². The van der Waals surface area contributed by atoms with E-state index in [0.717, 1.165) is 60.5 Å². The molecule has 2 fully saturated rings. The monoisotopic (exact) mass is 390 g/mol. The SMILES string of the molecule is Cc1cnc(N[C@@H]2CCOC[C@H]2O)cc1-c1nc(N2CCN(C)CC2)ns1. The maximum atomic E-state index is 10.1. The number of hydrogen-bond acceptors (Lipinski definition) is 9. The molecule has 0 spiro atoms. The quantitative estimate of drug-likeness (QED) is 0.806. The van der Waals surface area contributed by atoms with E-state index in [-0.39, 0.29) is 6.04 Å². The zero-order valence-electron chi connectivity index (χ0n) is 15.8. The molecule has 0 radical (unpaired) electrons. The molecule has 4 heterocycles. The van der Waals surface area contributed by atoms with E-state index in [9.17, 15) is 5.11 Å². The van der Waals surface area contributed by atoms with E-state index in [1.54, 1.807) is 0 Å². The molecule has 0 unspecified atom stereocenters. The number of rotatable bonds is 4. The first kappa shape index (κ1) is 18.5. The van der Waals surface area contributed by atoms with Gasteiger partial charge in [-0.3, -0.25) is 0 Å². The normalized spacial score (nSPS) is 24.2. The second-order valence-electron chi connectivity index (χ2n) is 7.26. The Hall–Kier alpha value is -1.81. The number of pyridine rings is 1. The van der Waals surface area contributed by atoms with Gasteiger partial charge in [-0.2, -0.15) is 9.36 Å². The Morgan fingerprint density at radius 1 is 1.30 bits per heavy atom. The molecular weight excluding hydrogens is 364 g/mol. The number of hydrogen-bond donors (Lipinski definition) is 2. The molecule has 0 aliphatic carbocycles. The number of aryl methyl sites for hydroxylation is 1. The molecule has 0 bridgehead atoms. The summed E-state index contributed by atoms with van der Waals surface area (Å²) >= 11 is 1.43. The van der Waals surface area contributed by atoms with E-state index in [1.807, 2.05) is 19.2 Å². The average molecular weight is 391 g/mol. The van der Waals surface area contributed by atoms with Crippen LogP contribution < -0.4 is 10.2 Å². The van der Waals surface area contributed by atoms with Crippen LogP contribution in [0.25, 0.3) is 10.6 Å². The van der Waals surface area contributed by atoms with E-state index >= 15 is 0 Å². The van der Waals surface area contributed by atoms with Gasteiger partial charge < -0.3 is 25.0 Å². The van der Waals surface area contributed by atoms with Gasteiger partial charge in [0.2, 0.25) is 5.95 Å². The Bertz CT molecular complexity index is 777. The second kappa shape index (κ2) is 8.05. The van der Waals surface area contributed by atoms with Crippen molar-refractivity contribution in [2.24, 2.45) is 0 Å². The summed E-state index contributed by atoms with van der Waals surface area (Å²) in [5, 5.41) is 14.3. The highest BCUT2D eigenvalue weighted by molar-refractivity contribution is 7.09. The topological polar surface area (TPSA) is 86.6 Å². The first-order chi connectivity index (χ1) is 13.1. The summed E-state index contributed by atoms with van der Waals surface area (Å²) in [6.07, 6.45) is 2.09. The largest absolute Gasteiger partial charge is 0.389 e. The van der Waals surface area contributed by atoms with Crippen molar-refractivity contribution in [2.75, 3.05) is 56.7 Å². The minimum Gasteiger partial charge on any atom is -0.389 e. The zero-order valence-corrected chi connectivity index (χ0v) is 16.6. The van der Waals surface area contributed by atoms with E-state index in [4.69, 9.17) is 9.72 Å². The summed E-state index contributed by atoms with van der Waals surface area (Å²) in [6.45, 7) is 7.02. The Balaban J connectivity index is 1.51. The fourth-order valence-electron chi connectivity index (χ4n) is 3.37. The standard InChI is InChI=1S/C18H26N6O2S/c1-12-10-19-16(20-14-3-8-26-11-15(14)25)9-13(12)17-21-18(22-27-17)24-6-4-23(2)5-7-24/h9-10,14-15,25H,3-8,11H2,1-2H3,(H,19,20)/t14-,15-/m1/s1. The van der Waals surface area contributed by atoms with Crippen LogP contribution >= 0.6 is 11.5 Å². The lowest BCUT2D eigenvalue weighted by atomic mass is 10.1. The van der Waals surface area contributed by atoms with Crippen LogP contribution in [0.1, 0.15) is 12.0 Å². The van der Waals surface area contributed by atoms with Crippen molar-refractivity contribution >= 4 is 23.3 Å². The summed E-state index contributed by atoms with van der Waals surface area (Å²) in [5.74, 6) is 1.56. The van der Waals surface area contributed by atoms with Crippen LogP contribution in [0.4, 0.5) is 11.8 Å². The molecule has 146 valence electrons. The molecule has 0 saturated carbocycles. The maximum Gasteiger partial charge on any atom is 0.237 e. The number of aliphatic hydroxyl groups excluding tert-OH is 1. The predicted octanol–water partition coefficient (Wildman–Crippen LogP) is 1.22. The number of piperazine rings is 1. The van der Waals surface area contributed by atoms with E-state index in [1.165, 1.54) is 11.5 Å². The van der Waals surface area contributed by atoms with E-state index in [0.29, 0.717) is 13.2 Å². The summed E-state index contributed by atoms with van der Waals surface area (Å²) in [5.41, 5.74) is 2.10. The van der Waals surface area contributed by atoms with Gasteiger partial charge in [0.25, 0.3) is 0 Å². The molecule has 9 heteroatoms. The number of nitrogens with one attached hydrogen (secondary N) is 1. The van der Waals surface area contributed by atoms with Gasteiger partial charge in [0, 0.05) is 44.5 Å². The lowest BCUT2D eigenvalue weighted by Crippen LogP contribution is -2.44. The van der Waals surface area contributed by atoms with E-state index in [2.05, 4.69) is 31.5 Å². The summed E-state index contributed by atoms with van der Waals surface area (Å²) in [6, 6.07) is 1.96. The van der Waals surface area contributed by atoms with Crippen molar-refractivity contribution < 1.29 is 9.84 Å². The van der Waals surface area contributed by atoms with Crippen molar-refractivity contribution in [3.05, 3.63) is 17.8 Å². The molecule has 2 N–H and O–H groups in total. The van der Waals surface area contributed by atoms with Gasteiger partial charge in [-0.1, -0.05) is 0 Å². The summed E-state index contributed by atoms with van der Waals surface area (Å²) < 4.78 is 9.87. The number of nitrogens with zero attached hydrogens (tertiary/aromatic N) is 5. The smallest absolute Gasteiger partial charge is 0.237 e. The number of aromatic nitrogens is 3. The first-order valence-electron chi connectivity index (χ1n) is 9.37. The van der Waals surface area contributed by atoms with Crippen LogP contribution in [0.3, 0.4) is 0 Å². The highest BCUT2D eigenvalue weighted by atomic mass is 32.1. The molecule has 27 heavy (non-hydrogen) atoms. The van der Waals surface area contributed by atoms with Crippen molar-refractivity contribution in [3.8, 4) is 10.6 Å². The summed E-state index contributed by atoms with van der Waals surface area (Å²) in [7, 11) is 2.14. The third kappa shape index (κ3) is 4.21. The van der Waals surface area contributed by atoms with Gasteiger partial charge in [-0.25, -0.2) is 4.98 Å². The molecule has 2 aromatic heterocycles. The lowest BCUT2D eigenvalue weighted by molar-refractivity contribution is -0.0135. The highest BCUT2D eigenvalue weighted by Gasteiger charge is 2.24. The number of likely N-dealkylation sites (N-methyl/N-ethyl adjacent to an activating group) is 1.